The van der Waals surface area contributed by atoms with Crippen LogP contribution in [0.15, 0.2) is 53.9 Å². The van der Waals surface area contributed by atoms with Crippen LogP contribution in [0.4, 0.5) is 5.82 Å². The van der Waals surface area contributed by atoms with E-state index < -0.39 is 10.0 Å². The van der Waals surface area contributed by atoms with Gasteiger partial charge in [0.05, 0.1) is 11.5 Å². The first kappa shape index (κ1) is 21.7. The van der Waals surface area contributed by atoms with Gasteiger partial charge in [0.2, 0.25) is 10.0 Å². The van der Waals surface area contributed by atoms with Gasteiger partial charge in [0.1, 0.15) is 29.5 Å². The van der Waals surface area contributed by atoms with Gasteiger partial charge in [-0.05, 0) is 37.6 Å². The summed E-state index contributed by atoms with van der Waals surface area (Å²) in [6, 6.07) is 8.20. The molecule has 30 heavy (non-hydrogen) atoms. The summed E-state index contributed by atoms with van der Waals surface area (Å²) in [5, 5.41) is 3.10. The summed E-state index contributed by atoms with van der Waals surface area (Å²) in [5.74, 6) is 2.76. The zero-order chi connectivity index (χ0) is 21.4. The van der Waals surface area contributed by atoms with Crippen molar-refractivity contribution in [2.45, 2.75) is 31.6 Å². The highest BCUT2D eigenvalue weighted by Gasteiger charge is 2.13. The molecule has 0 spiro atoms. The number of unbranched alkanes of at least 4 members (excludes halogenated alkanes) is 1. The molecule has 2 N–H and O–H groups in total. The van der Waals surface area contributed by atoms with Crippen LogP contribution in [-0.4, -0.2) is 47.6 Å². The Morgan fingerprint density at radius 3 is 2.60 bits per heavy atom. The lowest BCUT2D eigenvalue weighted by Gasteiger charge is -2.10. The van der Waals surface area contributed by atoms with Gasteiger partial charge in [-0.25, -0.2) is 28.1 Å². The minimum Gasteiger partial charge on any atom is -0.494 e. The molecule has 0 atom stereocenters. The summed E-state index contributed by atoms with van der Waals surface area (Å²) in [6.45, 7) is 5.17. The number of benzene rings is 1. The van der Waals surface area contributed by atoms with Crippen molar-refractivity contribution < 1.29 is 13.2 Å². The molecule has 0 amide bonds. The topological polar surface area (TPSA) is 111 Å². The van der Waals surface area contributed by atoms with Crippen LogP contribution in [-0.2, 0) is 10.0 Å². The molecule has 2 heterocycles. The van der Waals surface area contributed by atoms with Gasteiger partial charge < -0.3 is 10.1 Å². The van der Waals surface area contributed by atoms with Crippen LogP contribution in [0, 0.1) is 6.92 Å². The maximum absolute atomic E-state index is 12.4. The molecule has 3 rings (SSSR count). The third-order valence-corrected chi connectivity index (χ3v) is 5.83. The summed E-state index contributed by atoms with van der Waals surface area (Å²) < 4.78 is 34.9. The summed E-state index contributed by atoms with van der Waals surface area (Å²) in [5.41, 5.74) is 0. The van der Waals surface area contributed by atoms with E-state index in [9.17, 15) is 8.42 Å². The second kappa shape index (κ2) is 10.2. The Hall–Kier alpha value is -2.98. The smallest absolute Gasteiger partial charge is 0.240 e. The van der Waals surface area contributed by atoms with Crippen LogP contribution in [0.1, 0.15) is 25.6 Å². The molecule has 2 aromatic heterocycles. The number of nitrogens with one attached hydrogen (secondary N) is 2. The number of nitrogens with zero attached hydrogens (tertiary/aromatic N) is 4. The average molecular weight is 431 g/mol. The van der Waals surface area contributed by atoms with Gasteiger partial charge in [-0.15, -0.1) is 0 Å². The van der Waals surface area contributed by atoms with Crippen molar-refractivity contribution in [3.63, 3.8) is 0 Å². The minimum atomic E-state index is -3.60. The van der Waals surface area contributed by atoms with Crippen LogP contribution < -0.4 is 14.8 Å². The van der Waals surface area contributed by atoms with Crippen molar-refractivity contribution in [1.29, 1.82) is 0 Å². The van der Waals surface area contributed by atoms with E-state index in [2.05, 4.69) is 31.9 Å². The molecule has 3 aromatic rings. The average Bonchev–Trinajstić information content (AvgIpc) is 3.18. The number of anilines is 1. The van der Waals surface area contributed by atoms with E-state index in [0.29, 0.717) is 30.5 Å². The highest BCUT2D eigenvalue weighted by molar-refractivity contribution is 7.89. The van der Waals surface area contributed by atoms with Gasteiger partial charge in [0.25, 0.3) is 0 Å². The molecule has 0 bridgehead atoms. The first-order valence-electron chi connectivity index (χ1n) is 9.78. The summed E-state index contributed by atoms with van der Waals surface area (Å²) in [7, 11) is -3.60. The molecule has 10 heteroatoms. The maximum atomic E-state index is 12.4. The third kappa shape index (κ3) is 5.77. The van der Waals surface area contributed by atoms with Gasteiger partial charge in [-0.3, -0.25) is 4.57 Å². The lowest BCUT2D eigenvalue weighted by Crippen LogP contribution is -2.29. The van der Waals surface area contributed by atoms with Crippen LogP contribution in [0.3, 0.4) is 0 Å². The number of hydrogen-bond donors (Lipinski definition) is 2. The molecule has 9 nitrogen and oxygen atoms in total. The predicted molar refractivity (Wildman–Crippen MR) is 114 cm³/mol. The largest absolute Gasteiger partial charge is 0.494 e. The van der Waals surface area contributed by atoms with Crippen LogP contribution in [0.2, 0.25) is 0 Å². The molecule has 0 saturated carbocycles. The molecule has 0 aliphatic rings. The lowest BCUT2D eigenvalue weighted by molar-refractivity contribution is 0.309. The Morgan fingerprint density at radius 2 is 1.90 bits per heavy atom. The Labute approximate surface area is 176 Å². The highest BCUT2D eigenvalue weighted by atomic mass is 32.2. The first-order valence-corrected chi connectivity index (χ1v) is 11.3. The Kier molecular flexibility index (Phi) is 7.36. The van der Waals surface area contributed by atoms with E-state index in [0.717, 1.165) is 18.7 Å². The fourth-order valence-corrected chi connectivity index (χ4v) is 3.74. The number of hydrogen-bond acceptors (Lipinski definition) is 7. The van der Waals surface area contributed by atoms with Crippen molar-refractivity contribution in [3.05, 3.63) is 54.9 Å². The van der Waals surface area contributed by atoms with Crippen molar-refractivity contribution in [2.75, 3.05) is 25.0 Å². The van der Waals surface area contributed by atoms with Gasteiger partial charge in [0, 0.05) is 31.5 Å². The molecule has 160 valence electrons. The molecule has 1 aromatic carbocycles. The SMILES string of the molecule is CCCCOc1ccc(S(=O)(=O)NCCNc2cc(-n3ccnc3C)ncn2)cc1. The van der Waals surface area contributed by atoms with Gasteiger partial charge >= 0.3 is 0 Å². The molecular formula is C20H26N6O3S. The second-order valence-corrected chi connectivity index (χ2v) is 8.37. The Morgan fingerprint density at radius 1 is 1.10 bits per heavy atom. The monoisotopic (exact) mass is 430 g/mol. The second-order valence-electron chi connectivity index (χ2n) is 6.60. The fraction of sp³-hybridized carbons (Fsp3) is 0.350. The van der Waals surface area contributed by atoms with E-state index in [4.69, 9.17) is 4.74 Å². The Bertz CT molecular complexity index is 1050. The van der Waals surface area contributed by atoms with E-state index in [-0.39, 0.29) is 11.4 Å². The number of imidazole rings is 1. The fourth-order valence-electron chi connectivity index (χ4n) is 2.70. The maximum Gasteiger partial charge on any atom is 0.240 e. The normalized spacial score (nSPS) is 11.4. The quantitative estimate of drug-likeness (QED) is 0.450. The number of sulfonamides is 1. The molecule has 0 saturated heterocycles. The lowest BCUT2D eigenvalue weighted by atomic mass is 10.3. The highest BCUT2D eigenvalue weighted by Crippen LogP contribution is 2.16. The molecule has 0 radical (unpaired) electrons. The summed E-state index contributed by atoms with van der Waals surface area (Å²) >= 11 is 0. The van der Waals surface area contributed by atoms with E-state index in [1.54, 1.807) is 36.5 Å². The van der Waals surface area contributed by atoms with Crippen LogP contribution in [0.5, 0.6) is 5.75 Å². The summed E-state index contributed by atoms with van der Waals surface area (Å²) in [6.07, 6.45) is 6.97. The van der Waals surface area contributed by atoms with Gasteiger partial charge in [0.15, 0.2) is 0 Å². The zero-order valence-corrected chi connectivity index (χ0v) is 17.9. The minimum absolute atomic E-state index is 0.199. The van der Waals surface area contributed by atoms with E-state index >= 15 is 0 Å². The number of aromatic nitrogens is 4. The van der Waals surface area contributed by atoms with Crippen LogP contribution in [0.25, 0.3) is 5.82 Å². The third-order valence-electron chi connectivity index (χ3n) is 4.35. The number of rotatable bonds is 11. The number of ether oxygens (including phenoxy) is 1. The van der Waals surface area contributed by atoms with Crippen molar-refractivity contribution in [2.24, 2.45) is 0 Å². The molecule has 0 fully saturated rings. The molecular weight excluding hydrogens is 404 g/mol. The van der Waals surface area contributed by atoms with E-state index in [1.165, 1.54) is 6.33 Å². The summed E-state index contributed by atoms with van der Waals surface area (Å²) in [4.78, 5) is 12.8. The van der Waals surface area contributed by atoms with Crippen LogP contribution >= 0.6 is 0 Å². The van der Waals surface area contributed by atoms with Gasteiger partial charge in [-0.2, -0.15) is 0 Å². The number of aryl methyl sites for hydroxylation is 1. The van der Waals surface area contributed by atoms with Crippen molar-refractivity contribution in [1.82, 2.24) is 24.2 Å². The molecule has 0 unspecified atom stereocenters. The van der Waals surface area contributed by atoms with Crippen molar-refractivity contribution in [3.8, 4) is 11.6 Å². The Balaban J connectivity index is 1.50. The predicted octanol–water partition coefficient (Wildman–Crippen LogP) is 2.54. The first-order chi connectivity index (χ1) is 14.5. The zero-order valence-electron chi connectivity index (χ0n) is 17.1. The van der Waals surface area contributed by atoms with Gasteiger partial charge in [-0.1, -0.05) is 13.3 Å². The standard InChI is InChI=1S/C20H26N6O3S/c1-3-4-13-29-17-5-7-18(8-6-17)30(27,28)25-10-9-22-19-14-20(24-15-23-19)26-12-11-21-16(26)2/h5-8,11-12,14-15,25H,3-4,9-10,13H2,1-2H3,(H,22,23,24). The molecule has 0 aliphatic heterocycles. The molecule has 0 aliphatic carbocycles. The van der Waals surface area contributed by atoms with Crippen molar-refractivity contribution >= 4 is 15.8 Å². The van der Waals surface area contributed by atoms with E-state index in [1.807, 2.05) is 17.7 Å².